The monoisotopic (exact) mass is 228 g/mol. The van der Waals surface area contributed by atoms with Crippen LogP contribution in [0.5, 0.6) is 0 Å². The Morgan fingerprint density at radius 2 is 2.24 bits per heavy atom. The van der Waals surface area contributed by atoms with Crippen LogP contribution in [0.25, 0.3) is 11.4 Å². The van der Waals surface area contributed by atoms with Gasteiger partial charge >= 0.3 is 0 Å². The van der Waals surface area contributed by atoms with Crippen molar-refractivity contribution in [1.82, 2.24) is 20.1 Å². The first kappa shape index (κ1) is 10.5. The average molecular weight is 228 g/mol. The quantitative estimate of drug-likeness (QED) is 0.853. The van der Waals surface area contributed by atoms with Crippen molar-refractivity contribution in [3.63, 3.8) is 0 Å². The second kappa shape index (κ2) is 4.67. The zero-order valence-corrected chi connectivity index (χ0v) is 9.71. The highest BCUT2D eigenvalue weighted by Crippen LogP contribution is 2.19. The first-order chi connectivity index (χ1) is 8.43. The molecule has 17 heavy (non-hydrogen) atoms. The standard InChI is InChI=1S/C13H16N4/c1-2-8-15-12(5-1)13-6-9-17(16-13)11-4-3-7-14-10-11/h1-2,5-6,8-9,11,14H,3-4,7,10H2/t11-/m1/s1. The molecule has 88 valence electrons. The molecular weight excluding hydrogens is 212 g/mol. The van der Waals surface area contributed by atoms with Crippen molar-refractivity contribution in [3.8, 4) is 11.4 Å². The maximum atomic E-state index is 4.62. The van der Waals surface area contributed by atoms with Crippen molar-refractivity contribution in [3.05, 3.63) is 36.7 Å². The molecule has 0 spiro atoms. The van der Waals surface area contributed by atoms with Crippen LogP contribution in [0.1, 0.15) is 18.9 Å². The third-order valence-corrected chi connectivity index (χ3v) is 3.18. The molecule has 0 bridgehead atoms. The average Bonchev–Trinajstić information content (AvgIpc) is 2.90. The van der Waals surface area contributed by atoms with Crippen molar-refractivity contribution in [2.45, 2.75) is 18.9 Å². The summed E-state index contributed by atoms with van der Waals surface area (Å²) in [6.45, 7) is 2.15. The number of nitrogens with zero attached hydrogens (tertiary/aromatic N) is 3. The molecule has 4 heteroatoms. The van der Waals surface area contributed by atoms with Gasteiger partial charge in [-0.25, -0.2) is 0 Å². The Balaban J connectivity index is 1.83. The molecule has 1 aliphatic rings. The molecule has 1 N–H and O–H groups in total. The number of pyridine rings is 1. The van der Waals surface area contributed by atoms with Crippen molar-refractivity contribution >= 4 is 0 Å². The number of nitrogens with one attached hydrogen (secondary N) is 1. The van der Waals surface area contributed by atoms with Crippen molar-refractivity contribution in [2.75, 3.05) is 13.1 Å². The zero-order chi connectivity index (χ0) is 11.5. The molecule has 1 fully saturated rings. The van der Waals surface area contributed by atoms with Gasteiger partial charge in [-0.15, -0.1) is 0 Å². The zero-order valence-electron chi connectivity index (χ0n) is 9.71. The summed E-state index contributed by atoms with van der Waals surface area (Å²) in [6.07, 6.45) is 6.29. The van der Waals surface area contributed by atoms with E-state index in [1.54, 1.807) is 6.20 Å². The molecule has 1 saturated heterocycles. The molecule has 2 aromatic heterocycles. The maximum Gasteiger partial charge on any atom is 0.111 e. The van der Waals surface area contributed by atoms with E-state index in [0.717, 1.165) is 24.5 Å². The van der Waals surface area contributed by atoms with Crippen LogP contribution in [-0.4, -0.2) is 27.9 Å². The predicted octanol–water partition coefficient (Wildman–Crippen LogP) is 1.87. The number of hydrogen-bond donors (Lipinski definition) is 1. The Morgan fingerprint density at radius 3 is 3.00 bits per heavy atom. The molecule has 0 saturated carbocycles. The lowest BCUT2D eigenvalue weighted by atomic mass is 10.1. The lowest BCUT2D eigenvalue weighted by Crippen LogP contribution is -2.31. The molecule has 3 heterocycles. The van der Waals surface area contributed by atoms with Crippen LogP contribution in [0.2, 0.25) is 0 Å². The largest absolute Gasteiger partial charge is 0.315 e. The fraction of sp³-hybridized carbons (Fsp3) is 0.385. The summed E-state index contributed by atoms with van der Waals surface area (Å²) in [4.78, 5) is 4.32. The fourth-order valence-corrected chi connectivity index (χ4v) is 2.25. The summed E-state index contributed by atoms with van der Waals surface area (Å²) in [5.74, 6) is 0. The number of piperidine rings is 1. The van der Waals surface area contributed by atoms with Crippen molar-refractivity contribution in [1.29, 1.82) is 0 Å². The maximum absolute atomic E-state index is 4.62. The molecule has 0 radical (unpaired) electrons. The van der Waals surface area contributed by atoms with Crippen LogP contribution >= 0.6 is 0 Å². The van der Waals surface area contributed by atoms with Crippen LogP contribution < -0.4 is 5.32 Å². The van der Waals surface area contributed by atoms with Gasteiger partial charge in [0.2, 0.25) is 0 Å². The SMILES string of the molecule is c1ccc(-c2ccn([C@@H]3CCCNC3)n2)nc1. The normalized spacial score (nSPS) is 20.4. The Hall–Kier alpha value is -1.68. The Morgan fingerprint density at radius 1 is 1.24 bits per heavy atom. The van der Waals surface area contributed by atoms with E-state index >= 15 is 0 Å². The summed E-state index contributed by atoms with van der Waals surface area (Å²) >= 11 is 0. The topological polar surface area (TPSA) is 42.7 Å². The van der Waals surface area contributed by atoms with E-state index in [1.807, 2.05) is 24.3 Å². The van der Waals surface area contributed by atoms with Crippen LogP contribution in [0.15, 0.2) is 36.7 Å². The van der Waals surface area contributed by atoms with Gasteiger partial charge in [-0.05, 0) is 37.6 Å². The molecule has 0 aliphatic carbocycles. The molecule has 3 rings (SSSR count). The number of hydrogen-bond acceptors (Lipinski definition) is 3. The van der Waals surface area contributed by atoms with Crippen LogP contribution in [0.3, 0.4) is 0 Å². The van der Waals surface area contributed by atoms with Gasteiger partial charge in [-0.3, -0.25) is 9.67 Å². The molecule has 0 amide bonds. The van der Waals surface area contributed by atoms with Crippen LogP contribution in [-0.2, 0) is 0 Å². The van der Waals surface area contributed by atoms with Gasteiger partial charge < -0.3 is 5.32 Å². The van der Waals surface area contributed by atoms with E-state index in [4.69, 9.17) is 0 Å². The highest BCUT2D eigenvalue weighted by Gasteiger charge is 2.15. The van der Waals surface area contributed by atoms with E-state index in [-0.39, 0.29) is 0 Å². The fourth-order valence-electron chi connectivity index (χ4n) is 2.25. The minimum absolute atomic E-state index is 0.487. The van der Waals surface area contributed by atoms with Gasteiger partial charge in [0.1, 0.15) is 5.69 Å². The summed E-state index contributed by atoms with van der Waals surface area (Å²) in [5.41, 5.74) is 1.89. The van der Waals surface area contributed by atoms with E-state index < -0.39 is 0 Å². The molecule has 4 nitrogen and oxygen atoms in total. The van der Waals surface area contributed by atoms with E-state index in [1.165, 1.54) is 12.8 Å². The van der Waals surface area contributed by atoms with Gasteiger partial charge in [0.25, 0.3) is 0 Å². The third kappa shape index (κ3) is 2.22. The summed E-state index contributed by atoms with van der Waals surface area (Å²) in [6, 6.07) is 8.43. The van der Waals surface area contributed by atoms with Crippen molar-refractivity contribution in [2.24, 2.45) is 0 Å². The highest BCUT2D eigenvalue weighted by molar-refractivity contribution is 5.52. The second-order valence-electron chi connectivity index (χ2n) is 4.40. The second-order valence-corrected chi connectivity index (χ2v) is 4.40. The van der Waals surface area contributed by atoms with E-state index in [0.29, 0.717) is 6.04 Å². The molecule has 1 aliphatic heterocycles. The summed E-state index contributed by atoms with van der Waals surface area (Å²) in [7, 11) is 0. The predicted molar refractivity (Wildman–Crippen MR) is 66.6 cm³/mol. The molecule has 2 aromatic rings. The minimum atomic E-state index is 0.487. The van der Waals surface area contributed by atoms with E-state index in [9.17, 15) is 0 Å². The molecule has 1 atom stereocenters. The Kier molecular flexibility index (Phi) is 2.88. The van der Waals surface area contributed by atoms with Gasteiger partial charge in [0.05, 0.1) is 11.7 Å². The number of aromatic nitrogens is 3. The molecule has 0 unspecified atom stereocenters. The first-order valence-electron chi connectivity index (χ1n) is 6.11. The lowest BCUT2D eigenvalue weighted by molar-refractivity contribution is 0.347. The third-order valence-electron chi connectivity index (χ3n) is 3.18. The highest BCUT2D eigenvalue weighted by atomic mass is 15.3. The van der Waals surface area contributed by atoms with Gasteiger partial charge in [0.15, 0.2) is 0 Å². The lowest BCUT2D eigenvalue weighted by Gasteiger charge is -2.22. The smallest absolute Gasteiger partial charge is 0.111 e. The van der Waals surface area contributed by atoms with Gasteiger partial charge in [-0.2, -0.15) is 5.10 Å². The summed E-state index contributed by atoms with van der Waals surface area (Å²) < 4.78 is 2.07. The number of rotatable bonds is 2. The van der Waals surface area contributed by atoms with Crippen LogP contribution in [0, 0.1) is 0 Å². The van der Waals surface area contributed by atoms with Gasteiger partial charge in [-0.1, -0.05) is 6.07 Å². The van der Waals surface area contributed by atoms with Crippen molar-refractivity contribution < 1.29 is 0 Å². The Labute approximate surface area is 101 Å². The minimum Gasteiger partial charge on any atom is -0.315 e. The van der Waals surface area contributed by atoms with E-state index in [2.05, 4.69) is 26.3 Å². The molecule has 0 aromatic carbocycles. The molecular formula is C13H16N4. The Bertz CT molecular complexity index is 471. The summed E-state index contributed by atoms with van der Waals surface area (Å²) in [5, 5.41) is 8.02. The van der Waals surface area contributed by atoms with Gasteiger partial charge in [0, 0.05) is 18.9 Å². The first-order valence-corrected chi connectivity index (χ1v) is 6.11. The van der Waals surface area contributed by atoms with Crippen LogP contribution in [0.4, 0.5) is 0 Å².